The molecular weight excluding hydrogens is 513 g/mol. The van der Waals surface area contributed by atoms with Crippen molar-refractivity contribution in [2.45, 2.75) is 42.2 Å². The van der Waals surface area contributed by atoms with E-state index in [9.17, 15) is 17.6 Å². The first kappa shape index (κ1) is 23.2. The molecule has 0 aromatic heterocycles. The van der Waals surface area contributed by atoms with Crippen molar-refractivity contribution in [2.24, 2.45) is 0 Å². The smallest absolute Gasteiger partial charge is 0.261 e. The molecular formula is C19H21BrFN3O3S3. The van der Waals surface area contributed by atoms with Crippen molar-refractivity contribution in [3.8, 4) is 5.69 Å². The molecule has 6 nitrogen and oxygen atoms in total. The monoisotopic (exact) mass is 533 g/mol. The minimum absolute atomic E-state index is 0.0191. The maximum absolute atomic E-state index is 12.9. The number of hydrogen-bond donors (Lipinski definition) is 1. The Hall–Kier alpha value is -1.43. The highest BCUT2D eigenvalue weighted by Gasteiger charge is 2.26. The molecule has 162 valence electrons. The van der Waals surface area contributed by atoms with Gasteiger partial charge in [0.25, 0.3) is 10.0 Å². The lowest BCUT2D eigenvalue weighted by molar-refractivity contribution is 0.460. The van der Waals surface area contributed by atoms with E-state index in [0.29, 0.717) is 16.6 Å². The van der Waals surface area contributed by atoms with Crippen LogP contribution in [0.4, 0.5) is 10.2 Å². The number of alkyl halides is 1. The van der Waals surface area contributed by atoms with E-state index in [-0.39, 0.29) is 17.4 Å². The van der Waals surface area contributed by atoms with Gasteiger partial charge in [-0.3, -0.25) is 13.7 Å². The summed E-state index contributed by atoms with van der Waals surface area (Å²) in [5.41, 5.74) is 0.661. The number of hydrogen-bond acceptors (Lipinski definition) is 6. The number of anilines is 1. The molecule has 1 N–H and O–H groups in total. The van der Waals surface area contributed by atoms with Crippen LogP contribution in [-0.4, -0.2) is 30.4 Å². The fourth-order valence-electron chi connectivity index (χ4n) is 2.85. The molecule has 1 aromatic rings. The second kappa shape index (κ2) is 9.80. The first-order valence-corrected chi connectivity index (χ1v) is 13.3. The van der Waals surface area contributed by atoms with Gasteiger partial charge < -0.3 is 0 Å². The fourth-order valence-corrected chi connectivity index (χ4v) is 6.97. The zero-order valence-electron chi connectivity index (χ0n) is 16.4. The zero-order valence-corrected chi connectivity index (χ0v) is 20.5. The summed E-state index contributed by atoms with van der Waals surface area (Å²) in [6.45, 7) is 3.40. The van der Waals surface area contributed by atoms with Crippen LogP contribution in [0.3, 0.4) is 0 Å². The van der Waals surface area contributed by atoms with Gasteiger partial charge in [-0.2, -0.15) is 4.98 Å². The Labute approximate surface area is 191 Å². The van der Waals surface area contributed by atoms with Gasteiger partial charge in [0, 0.05) is 15.0 Å². The number of imidazole rings is 1. The topological polar surface area (TPSA) is 81.1 Å². The maximum Gasteiger partial charge on any atom is 0.354 e. The summed E-state index contributed by atoms with van der Waals surface area (Å²) in [7, 11) is -3.93. The molecule has 0 saturated heterocycles. The van der Waals surface area contributed by atoms with Crippen LogP contribution in [-0.2, 0) is 10.0 Å². The van der Waals surface area contributed by atoms with E-state index in [1.54, 1.807) is 12.1 Å². The van der Waals surface area contributed by atoms with Gasteiger partial charge in [0.1, 0.15) is 5.69 Å². The zero-order chi connectivity index (χ0) is 21.9. The summed E-state index contributed by atoms with van der Waals surface area (Å²) in [5, 5.41) is 0. The summed E-state index contributed by atoms with van der Waals surface area (Å²) in [6, 6.07) is 6.31. The molecule has 0 amide bonds. The van der Waals surface area contributed by atoms with Gasteiger partial charge in [0.05, 0.1) is 15.8 Å². The Morgan fingerprint density at radius 2 is 2.03 bits per heavy atom. The Morgan fingerprint density at radius 3 is 2.73 bits per heavy atom. The number of fused-ring (bicyclic) bond motifs is 1. The second-order valence-corrected chi connectivity index (χ2v) is 11.8. The van der Waals surface area contributed by atoms with Gasteiger partial charge in [0.15, 0.2) is 5.82 Å². The van der Waals surface area contributed by atoms with Crippen molar-refractivity contribution in [1.82, 2.24) is 9.55 Å². The van der Waals surface area contributed by atoms with Crippen molar-refractivity contribution in [2.75, 3.05) is 17.1 Å². The van der Waals surface area contributed by atoms with Crippen molar-refractivity contribution >= 4 is 54.9 Å². The third kappa shape index (κ3) is 5.06. The molecule has 2 aliphatic heterocycles. The molecule has 0 atom stereocenters. The molecule has 30 heavy (non-hydrogen) atoms. The first-order valence-electron chi connectivity index (χ1n) is 9.24. The van der Waals surface area contributed by atoms with E-state index in [1.807, 2.05) is 13.8 Å². The normalized spacial score (nSPS) is 11.9. The van der Waals surface area contributed by atoms with Gasteiger partial charge in [-0.05, 0) is 50.6 Å². The predicted molar refractivity (Wildman–Crippen MR) is 124 cm³/mol. The standard InChI is InChI=1S/C19H21BrFN3O3S3/c1-12-13(2)29-18(28-10-5-3-4-9-21)16-17(22-19(25)24(12)16)23-30(26,27)15-8-6-7-14(20)11-15/h6-8,11H,3-5,9-10H2,1-2H3,(H,22,23,25). The van der Waals surface area contributed by atoms with Gasteiger partial charge in [-0.1, -0.05) is 28.4 Å². The molecule has 0 aliphatic carbocycles. The molecule has 3 rings (SSSR count). The lowest BCUT2D eigenvalue weighted by Crippen LogP contribution is -2.17. The molecule has 2 aliphatic rings. The van der Waals surface area contributed by atoms with Crippen LogP contribution < -0.4 is 10.4 Å². The number of rotatable bonds is 9. The van der Waals surface area contributed by atoms with Crippen LogP contribution in [0, 0.1) is 13.8 Å². The van der Waals surface area contributed by atoms with Crippen LogP contribution >= 0.6 is 39.0 Å². The Morgan fingerprint density at radius 1 is 1.27 bits per heavy atom. The largest absolute Gasteiger partial charge is 0.354 e. The number of benzene rings is 1. The molecule has 11 heteroatoms. The average molecular weight is 534 g/mol. The predicted octanol–water partition coefficient (Wildman–Crippen LogP) is 5.14. The summed E-state index contributed by atoms with van der Waals surface area (Å²) in [5.74, 6) is 0.761. The number of halogens is 2. The minimum atomic E-state index is -3.93. The van der Waals surface area contributed by atoms with Crippen LogP contribution in [0.15, 0.2) is 42.6 Å². The molecule has 0 saturated carbocycles. The van der Waals surface area contributed by atoms with E-state index in [4.69, 9.17) is 0 Å². The summed E-state index contributed by atoms with van der Waals surface area (Å²) in [6.07, 6.45) is 2.14. The summed E-state index contributed by atoms with van der Waals surface area (Å²) >= 11 is 6.30. The maximum atomic E-state index is 12.9. The number of nitrogens with one attached hydrogen (secondary N) is 1. The van der Waals surface area contributed by atoms with E-state index in [0.717, 1.165) is 33.4 Å². The Bertz CT molecular complexity index is 1180. The minimum Gasteiger partial charge on any atom is -0.261 e. The molecule has 1 aromatic carbocycles. The van der Waals surface area contributed by atoms with Crippen LogP contribution in [0.2, 0.25) is 0 Å². The molecule has 2 heterocycles. The van der Waals surface area contributed by atoms with Gasteiger partial charge >= 0.3 is 5.69 Å². The highest BCUT2D eigenvalue weighted by atomic mass is 79.9. The van der Waals surface area contributed by atoms with Gasteiger partial charge in [-0.15, -0.1) is 23.1 Å². The average Bonchev–Trinajstić information content (AvgIpc) is 3.01. The second-order valence-electron chi connectivity index (χ2n) is 6.62. The number of sulfonamides is 1. The van der Waals surface area contributed by atoms with Crippen LogP contribution in [0.5, 0.6) is 0 Å². The SMILES string of the molecule is Cc1sc(SCCCCCF)c2c(NS(=O)(=O)c3cccc(Br)c3)nc(=O)n-2c1C. The van der Waals surface area contributed by atoms with E-state index in [2.05, 4.69) is 25.6 Å². The number of nitrogens with zero attached hydrogens (tertiary/aromatic N) is 2. The van der Waals surface area contributed by atoms with Crippen molar-refractivity contribution < 1.29 is 12.8 Å². The molecule has 0 bridgehead atoms. The molecule has 0 fully saturated rings. The van der Waals surface area contributed by atoms with Crippen molar-refractivity contribution in [1.29, 1.82) is 0 Å². The van der Waals surface area contributed by atoms with Gasteiger partial charge in [0.2, 0.25) is 0 Å². The fraction of sp³-hybridized carbons (Fsp3) is 0.368. The van der Waals surface area contributed by atoms with E-state index < -0.39 is 15.7 Å². The first-order chi connectivity index (χ1) is 14.2. The number of unbranched alkanes of at least 4 members (excludes halogenated alkanes) is 2. The quantitative estimate of drug-likeness (QED) is 0.304. The number of aryl methyl sites for hydroxylation is 1. The molecule has 0 radical (unpaired) electrons. The molecule has 0 unspecified atom stereocenters. The number of aromatic nitrogens is 2. The Kier molecular flexibility index (Phi) is 7.59. The van der Waals surface area contributed by atoms with E-state index in [1.165, 1.54) is 39.8 Å². The highest BCUT2D eigenvalue weighted by Crippen LogP contribution is 2.38. The Balaban J connectivity index is 2.00. The number of thioether (sulfide) groups is 1. The van der Waals surface area contributed by atoms with Crippen molar-refractivity contribution in [3.63, 3.8) is 0 Å². The summed E-state index contributed by atoms with van der Waals surface area (Å²) < 4.78 is 43.4. The lowest BCUT2D eigenvalue weighted by atomic mass is 10.3. The van der Waals surface area contributed by atoms with Crippen molar-refractivity contribution in [3.05, 3.63) is 49.8 Å². The highest BCUT2D eigenvalue weighted by molar-refractivity contribution is 9.10. The van der Waals surface area contributed by atoms with Gasteiger partial charge in [-0.25, -0.2) is 13.2 Å². The van der Waals surface area contributed by atoms with E-state index >= 15 is 0 Å². The third-order valence-corrected chi connectivity index (χ3v) is 8.84. The third-order valence-electron chi connectivity index (χ3n) is 4.48. The van der Waals surface area contributed by atoms with Crippen LogP contribution in [0.25, 0.3) is 5.69 Å². The van der Waals surface area contributed by atoms with Crippen LogP contribution in [0.1, 0.15) is 29.8 Å². The molecule has 0 spiro atoms. The lowest BCUT2D eigenvalue weighted by Gasteiger charge is -2.16. The summed E-state index contributed by atoms with van der Waals surface area (Å²) in [4.78, 5) is 17.6.